The molecule has 0 aliphatic carbocycles. The summed E-state index contributed by atoms with van der Waals surface area (Å²) in [5, 5.41) is 0. The van der Waals surface area contributed by atoms with Crippen LogP contribution in [0, 0.1) is 6.92 Å². The minimum absolute atomic E-state index is 0.457. The topological polar surface area (TPSA) is 17.8 Å². The zero-order valence-electron chi connectivity index (χ0n) is 8.65. The summed E-state index contributed by atoms with van der Waals surface area (Å²) >= 11 is 5.80. The Morgan fingerprint density at radius 3 is 2.87 bits per heavy atom. The SMILES string of the molecule is Cc1ccccc1Cn1ccnc1CCl. The van der Waals surface area contributed by atoms with Crippen molar-refractivity contribution < 1.29 is 0 Å². The predicted molar refractivity (Wildman–Crippen MR) is 62.1 cm³/mol. The molecule has 0 spiro atoms. The highest BCUT2D eigenvalue weighted by molar-refractivity contribution is 6.16. The van der Waals surface area contributed by atoms with Gasteiger partial charge in [0.15, 0.2) is 0 Å². The fourth-order valence-electron chi connectivity index (χ4n) is 1.59. The van der Waals surface area contributed by atoms with Gasteiger partial charge in [-0.15, -0.1) is 11.6 Å². The molecule has 0 saturated carbocycles. The van der Waals surface area contributed by atoms with Crippen LogP contribution in [0.15, 0.2) is 36.7 Å². The molecule has 0 bridgehead atoms. The summed E-state index contributed by atoms with van der Waals surface area (Å²) in [6.07, 6.45) is 3.75. The summed E-state index contributed by atoms with van der Waals surface area (Å²) in [6, 6.07) is 8.36. The predicted octanol–water partition coefficient (Wildman–Crippen LogP) is 2.98. The number of aryl methyl sites for hydroxylation is 1. The van der Waals surface area contributed by atoms with Crippen molar-refractivity contribution in [3.8, 4) is 0 Å². The van der Waals surface area contributed by atoms with Crippen LogP contribution in [0.1, 0.15) is 17.0 Å². The van der Waals surface area contributed by atoms with Crippen LogP contribution in [0.2, 0.25) is 0 Å². The Morgan fingerprint density at radius 2 is 2.13 bits per heavy atom. The van der Waals surface area contributed by atoms with Gasteiger partial charge in [-0.3, -0.25) is 0 Å². The Kier molecular flexibility index (Phi) is 3.07. The van der Waals surface area contributed by atoms with Gasteiger partial charge in [0.2, 0.25) is 0 Å². The molecule has 2 rings (SSSR count). The smallest absolute Gasteiger partial charge is 0.123 e. The standard InChI is InChI=1S/C12H13ClN2/c1-10-4-2-3-5-11(10)9-15-7-6-14-12(15)8-13/h2-7H,8-9H2,1H3. The van der Waals surface area contributed by atoms with E-state index in [-0.39, 0.29) is 0 Å². The van der Waals surface area contributed by atoms with Gasteiger partial charge in [-0.25, -0.2) is 4.98 Å². The monoisotopic (exact) mass is 220 g/mol. The minimum atomic E-state index is 0.457. The van der Waals surface area contributed by atoms with E-state index in [0.29, 0.717) is 5.88 Å². The van der Waals surface area contributed by atoms with E-state index in [0.717, 1.165) is 12.4 Å². The zero-order chi connectivity index (χ0) is 10.7. The van der Waals surface area contributed by atoms with Crippen LogP contribution in [0.5, 0.6) is 0 Å². The molecule has 0 atom stereocenters. The quantitative estimate of drug-likeness (QED) is 0.728. The molecule has 2 nitrogen and oxygen atoms in total. The van der Waals surface area contributed by atoms with Crippen molar-refractivity contribution >= 4 is 11.6 Å². The number of aromatic nitrogens is 2. The largest absolute Gasteiger partial charge is 0.330 e. The van der Waals surface area contributed by atoms with Gasteiger partial charge in [-0.05, 0) is 18.1 Å². The second kappa shape index (κ2) is 4.49. The van der Waals surface area contributed by atoms with Gasteiger partial charge < -0.3 is 4.57 Å². The van der Waals surface area contributed by atoms with E-state index in [4.69, 9.17) is 11.6 Å². The van der Waals surface area contributed by atoms with Crippen LogP contribution in [-0.4, -0.2) is 9.55 Å². The highest BCUT2D eigenvalue weighted by atomic mass is 35.5. The minimum Gasteiger partial charge on any atom is -0.330 e. The van der Waals surface area contributed by atoms with Crippen molar-refractivity contribution in [2.75, 3.05) is 0 Å². The molecule has 0 saturated heterocycles. The number of hydrogen-bond acceptors (Lipinski definition) is 1. The van der Waals surface area contributed by atoms with E-state index in [1.807, 2.05) is 6.20 Å². The van der Waals surface area contributed by atoms with E-state index in [2.05, 4.69) is 40.7 Å². The number of imidazole rings is 1. The van der Waals surface area contributed by atoms with E-state index < -0.39 is 0 Å². The first-order valence-corrected chi connectivity index (χ1v) is 5.45. The van der Waals surface area contributed by atoms with Crippen molar-refractivity contribution in [3.05, 3.63) is 53.6 Å². The second-order valence-electron chi connectivity index (χ2n) is 3.53. The van der Waals surface area contributed by atoms with Gasteiger partial charge >= 0.3 is 0 Å². The maximum atomic E-state index is 5.80. The fraction of sp³-hybridized carbons (Fsp3) is 0.250. The molecule has 0 N–H and O–H groups in total. The van der Waals surface area contributed by atoms with Crippen LogP contribution in [0.3, 0.4) is 0 Å². The van der Waals surface area contributed by atoms with E-state index >= 15 is 0 Å². The summed E-state index contributed by atoms with van der Waals surface area (Å²) in [4.78, 5) is 4.19. The molecular weight excluding hydrogens is 208 g/mol. The molecule has 1 aromatic heterocycles. The maximum absolute atomic E-state index is 5.80. The average molecular weight is 221 g/mol. The maximum Gasteiger partial charge on any atom is 0.123 e. The number of hydrogen-bond donors (Lipinski definition) is 0. The molecule has 0 amide bonds. The fourth-order valence-corrected chi connectivity index (χ4v) is 1.81. The molecule has 3 heteroatoms. The molecule has 0 aliphatic rings. The molecule has 0 radical (unpaired) electrons. The van der Waals surface area contributed by atoms with Gasteiger partial charge in [0.1, 0.15) is 5.82 Å². The third kappa shape index (κ3) is 2.21. The van der Waals surface area contributed by atoms with Crippen LogP contribution >= 0.6 is 11.6 Å². The molecule has 15 heavy (non-hydrogen) atoms. The second-order valence-corrected chi connectivity index (χ2v) is 3.80. The van der Waals surface area contributed by atoms with Crippen LogP contribution in [0.25, 0.3) is 0 Å². The Labute approximate surface area is 94.5 Å². The van der Waals surface area contributed by atoms with Gasteiger partial charge in [0, 0.05) is 18.9 Å². The lowest BCUT2D eigenvalue weighted by Crippen LogP contribution is -2.03. The number of halogens is 1. The Balaban J connectivity index is 2.26. The average Bonchev–Trinajstić information content (AvgIpc) is 2.69. The molecule has 0 aliphatic heterocycles. The van der Waals surface area contributed by atoms with Crippen molar-refractivity contribution in [2.24, 2.45) is 0 Å². The first-order chi connectivity index (χ1) is 7.31. The van der Waals surface area contributed by atoms with Crippen molar-refractivity contribution in [1.29, 1.82) is 0 Å². The Morgan fingerprint density at radius 1 is 1.33 bits per heavy atom. The number of rotatable bonds is 3. The van der Waals surface area contributed by atoms with Crippen molar-refractivity contribution in [1.82, 2.24) is 9.55 Å². The number of nitrogens with zero attached hydrogens (tertiary/aromatic N) is 2. The van der Waals surface area contributed by atoms with Gasteiger partial charge in [-0.2, -0.15) is 0 Å². The lowest BCUT2D eigenvalue weighted by atomic mass is 10.1. The highest BCUT2D eigenvalue weighted by Gasteiger charge is 2.03. The summed E-state index contributed by atoms with van der Waals surface area (Å²) in [5.74, 6) is 1.37. The first kappa shape index (κ1) is 10.2. The van der Waals surface area contributed by atoms with Crippen LogP contribution in [-0.2, 0) is 12.4 Å². The normalized spacial score (nSPS) is 10.5. The molecule has 0 fully saturated rings. The Hall–Kier alpha value is -1.28. The third-order valence-corrected chi connectivity index (χ3v) is 2.76. The summed E-state index contributed by atoms with van der Waals surface area (Å²) in [6.45, 7) is 2.96. The summed E-state index contributed by atoms with van der Waals surface area (Å²) in [7, 11) is 0. The molecule has 1 heterocycles. The molecule has 78 valence electrons. The van der Waals surface area contributed by atoms with Gasteiger partial charge in [-0.1, -0.05) is 24.3 Å². The molecule has 2 aromatic rings. The molecule has 0 unspecified atom stereocenters. The van der Waals surface area contributed by atoms with Crippen LogP contribution < -0.4 is 0 Å². The Bertz CT molecular complexity index is 448. The van der Waals surface area contributed by atoms with Crippen molar-refractivity contribution in [2.45, 2.75) is 19.3 Å². The lowest BCUT2D eigenvalue weighted by molar-refractivity contribution is 0.751. The summed E-state index contributed by atoms with van der Waals surface area (Å²) < 4.78 is 2.08. The lowest BCUT2D eigenvalue weighted by Gasteiger charge is -2.08. The summed E-state index contributed by atoms with van der Waals surface area (Å²) in [5.41, 5.74) is 2.61. The number of benzene rings is 1. The van der Waals surface area contributed by atoms with Crippen LogP contribution in [0.4, 0.5) is 0 Å². The van der Waals surface area contributed by atoms with Gasteiger partial charge in [0.25, 0.3) is 0 Å². The molecule has 1 aromatic carbocycles. The van der Waals surface area contributed by atoms with Gasteiger partial charge in [0.05, 0.1) is 5.88 Å². The zero-order valence-corrected chi connectivity index (χ0v) is 9.41. The van der Waals surface area contributed by atoms with E-state index in [9.17, 15) is 0 Å². The molecular formula is C12H13ClN2. The van der Waals surface area contributed by atoms with Crippen molar-refractivity contribution in [3.63, 3.8) is 0 Å². The van der Waals surface area contributed by atoms with E-state index in [1.54, 1.807) is 6.20 Å². The first-order valence-electron chi connectivity index (χ1n) is 4.91. The highest BCUT2D eigenvalue weighted by Crippen LogP contribution is 2.11. The third-order valence-electron chi connectivity index (χ3n) is 2.52. The van der Waals surface area contributed by atoms with E-state index in [1.165, 1.54) is 11.1 Å². The number of alkyl halides is 1.